The fourth-order valence-corrected chi connectivity index (χ4v) is 4.57. The molecule has 1 atom stereocenters. The summed E-state index contributed by atoms with van der Waals surface area (Å²) in [7, 11) is 0. The van der Waals surface area contributed by atoms with Crippen molar-refractivity contribution in [3.05, 3.63) is 74.8 Å². The molecule has 2 aromatic carbocycles. The zero-order chi connectivity index (χ0) is 22.9. The van der Waals surface area contributed by atoms with Crippen LogP contribution in [0.2, 0.25) is 5.02 Å². The monoisotopic (exact) mass is 459 g/mol. The van der Waals surface area contributed by atoms with Crippen molar-refractivity contribution in [3.63, 3.8) is 0 Å². The van der Waals surface area contributed by atoms with Gasteiger partial charge in [-0.1, -0.05) is 41.9 Å². The molecule has 2 saturated heterocycles. The maximum absolute atomic E-state index is 13.4. The Morgan fingerprint density at radius 3 is 2.50 bits per heavy atom. The van der Waals surface area contributed by atoms with E-state index in [0.29, 0.717) is 25.9 Å². The van der Waals surface area contributed by atoms with Crippen LogP contribution < -0.4 is 0 Å². The molecule has 10 heteroatoms. The average Bonchev–Trinajstić information content (AvgIpc) is 3.15. The van der Waals surface area contributed by atoms with Gasteiger partial charge in [-0.2, -0.15) is 0 Å². The third-order valence-corrected chi connectivity index (χ3v) is 6.36. The van der Waals surface area contributed by atoms with Crippen LogP contribution in [0.25, 0.3) is 0 Å². The predicted octanol–water partition coefficient (Wildman–Crippen LogP) is 3.17. The number of benzene rings is 2. The standard InChI is InChI=1S/C22H22ClN3O6/c23-17-7-6-16(12-18(17)26(30)31)20(27)25-19(21(28)29)14-32-22(25)8-10-24(11-9-22)13-15-4-2-1-3-5-15/h1-7,12,19H,8-11,13-14H2,(H,28,29)/t19-/m1/s1. The van der Waals surface area contributed by atoms with E-state index in [1.54, 1.807) is 0 Å². The van der Waals surface area contributed by atoms with Gasteiger partial charge in [0.05, 0.1) is 11.5 Å². The van der Waals surface area contributed by atoms with E-state index in [4.69, 9.17) is 16.3 Å². The number of nitro groups is 1. The summed E-state index contributed by atoms with van der Waals surface area (Å²) < 4.78 is 5.95. The Morgan fingerprint density at radius 2 is 1.88 bits per heavy atom. The quantitative estimate of drug-likeness (QED) is 0.539. The van der Waals surface area contributed by atoms with Crippen LogP contribution in [0.3, 0.4) is 0 Å². The van der Waals surface area contributed by atoms with Crippen LogP contribution in [-0.2, 0) is 16.1 Å². The molecular formula is C22H22ClN3O6. The van der Waals surface area contributed by atoms with Crippen LogP contribution >= 0.6 is 11.6 Å². The molecule has 168 valence electrons. The van der Waals surface area contributed by atoms with Crippen LogP contribution in [0.5, 0.6) is 0 Å². The second-order valence-corrected chi connectivity index (χ2v) is 8.38. The lowest BCUT2D eigenvalue weighted by Crippen LogP contribution is -2.58. The minimum Gasteiger partial charge on any atom is -0.480 e. The molecule has 1 amide bonds. The number of carboxylic acids is 1. The van der Waals surface area contributed by atoms with Gasteiger partial charge in [-0.25, -0.2) is 4.79 Å². The molecule has 0 radical (unpaired) electrons. The van der Waals surface area contributed by atoms with Crippen molar-refractivity contribution in [2.45, 2.75) is 31.2 Å². The van der Waals surface area contributed by atoms with Gasteiger partial charge in [0.1, 0.15) is 10.7 Å². The highest BCUT2D eigenvalue weighted by Gasteiger charge is 2.54. The summed E-state index contributed by atoms with van der Waals surface area (Å²) in [5.74, 6) is -1.79. The van der Waals surface area contributed by atoms with Crippen molar-refractivity contribution in [2.75, 3.05) is 19.7 Å². The first-order valence-corrected chi connectivity index (χ1v) is 10.6. The fraction of sp³-hybridized carbons (Fsp3) is 0.364. The van der Waals surface area contributed by atoms with Crippen molar-refractivity contribution in [1.29, 1.82) is 0 Å². The maximum Gasteiger partial charge on any atom is 0.328 e. The zero-order valence-electron chi connectivity index (χ0n) is 17.1. The molecule has 2 aliphatic rings. The largest absolute Gasteiger partial charge is 0.480 e. The number of ether oxygens (including phenoxy) is 1. The number of rotatable bonds is 5. The van der Waals surface area contributed by atoms with Crippen LogP contribution in [0, 0.1) is 10.1 Å². The first-order chi connectivity index (χ1) is 15.3. The molecule has 9 nitrogen and oxygen atoms in total. The molecule has 2 aromatic rings. The van der Waals surface area contributed by atoms with Gasteiger partial charge in [-0.3, -0.25) is 24.7 Å². The first-order valence-electron chi connectivity index (χ1n) is 10.2. The second-order valence-electron chi connectivity index (χ2n) is 7.97. The lowest BCUT2D eigenvalue weighted by Gasteiger charge is -2.44. The van der Waals surface area contributed by atoms with E-state index in [1.165, 1.54) is 22.6 Å². The van der Waals surface area contributed by atoms with Gasteiger partial charge in [0, 0.05) is 44.1 Å². The Bertz CT molecular complexity index is 1040. The Hall–Kier alpha value is -3.01. The molecule has 2 fully saturated rings. The van der Waals surface area contributed by atoms with Crippen molar-refractivity contribution in [2.24, 2.45) is 0 Å². The normalized spacial score (nSPS) is 20.4. The molecule has 1 spiro atoms. The summed E-state index contributed by atoms with van der Waals surface area (Å²) >= 11 is 5.87. The van der Waals surface area contributed by atoms with Gasteiger partial charge in [-0.15, -0.1) is 0 Å². The molecule has 0 aromatic heterocycles. The molecule has 0 bridgehead atoms. The number of carboxylic acid groups (broad SMARTS) is 1. The molecule has 4 rings (SSSR count). The average molecular weight is 460 g/mol. The first kappa shape index (κ1) is 22.2. The minimum absolute atomic E-state index is 0.00365. The molecule has 32 heavy (non-hydrogen) atoms. The summed E-state index contributed by atoms with van der Waals surface area (Å²) in [6.45, 7) is 1.85. The number of amides is 1. The van der Waals surface area contributed by atoms with E-state index in [-0.39, 0.29) is 17.2 Å². The van der Waals surface area contributed by atoms with Crippen LogP contribution in [-0.4, -0.2) is 63.2 Å². The molecule has 0 unspecified atom stereocenters. The highest BCUT2D eigenvalue weighted by Crippen LogP contribution is 2.39. The SMILES string of the molecule is O=C(O)[C@H]1COC2(CCN(Cc3ccccc3)CC2)N1C(=O)c1ccc(Cl)c([N+](=O)[O-])c1. The third kappa shape index (κ3) is 4.19. The van der Waals surface area contributed by atoms with Gasteiger partial charge in [0.25, 0.3) is 11.6 Å². The zero-order valence-corrected chi connectivity index (χ0v) is 17.9. The van der Waals surface area contributed by atoms with Gasteiger partial charge in [0.15, 0.2) is 6.04 Å². The molecule has 0 aliphatic carbocycles. The van der Waals surface area contributed by atoms with E-state index in [0.717, 1.165) is 12.6 Å². The predicted molar refractivity (Wildman–Crippen MR) is 115 cm³/mol. The lowest BCUT2D eigenvalue weighted by atomic mass is 9.96. The van der Waals surface area contributed by atoms with E-state index in [2.05, 4.69) is 4.90 Å². The number of likely N-dealkylation sites (tertiary alicyclic amines) is 1. The molecule has 2 heterocycles. The smallest absolute Gasteiger partial charge is 0.328 e. The lowest BCUT2D eigenvalue weighted by molar-refractivity contribution is -0.384. The number of carbonyl (C=O) groups is 2. The van der Waals surface area contributed by atoms with E-state index >= 15 is 0 Å². The van der Waals surface area contributed by atoms with Gasteiger partial charge in [0.2, 0.25) is 0 Å². The van der Waals surface area contributed by atoms with Crippen molar-refractivity contribution < 1.29 is 24.4 Å². The molecular weight excluding hydrogens is 438 g/mol. The number of nitro benzene ring substituents is 1. The van der Waals surface area contributed by atoms with Gasteiger partial charge >= 0.3 is 5.97 Å². The van der Waals surface area contributed by atoms with E-state index in [1.807, 2.05) is 30.3 Å². The maximum atomic E-state index is 13.4. The van der Waals surface area contributed by atoms with Gasteiger partial charge in [-0.05, 0) is 17.7 Å². The highest BCUT2D eigenvalue weighted by molar-refractivity contribution is 6.32. The Balaban J connectivity index is 1.57. The van der Waals surface area contributed by atoms with Crippen LogP contribution in [0.15, 0.2) is 48.5 Å². The summed E-state index contributed by atoms with van der Waals surface area (Å²) in [5.41, 5.74) is -0.303. The summed E-state index contributed by atoms with van der Waals surface area (Å²) in [5, 5.41) is 20.9. The summed E-state index contributed by atoms with van der Waals surface area (Å²) in [6, 6.07) is 12.5. The second kappa shape index (κ2) is 8.85. The van der Waals surface area contributed by atoms with Gasteiger partial charge < -0.3 is 9.84 Å². The summed E-state index contributed by atoms with van der Waals surface area (Å²) in [4.78, 5) is 39.3. The van der Waals surface area contributed by atoms with E-state index < -0.39 is 34.3 Å². The Morgan fingerprint density at radius 1 is 1.19 bits per heavy atom. The topological polar surface area (TPSA) is 113 Å². The van der Waals surface area contributed by atoms with Crippen molar-refractivity contribution in [1.82, 2.24) is 9.80 Å². The van der Waals surface area contributed by atoms with Crippen LogP contribution in [0.4, 0.5) is 5.69 Å². The van der Waals surface area contributed by atoms with Crippen molar-refractivity contribution >= 4 is 29.2 Å². The number of hydrogen-bond donors (Lipinski definition) is 1. The molecule has 0 saturated carbocycles. The number of nitrogens with zero attached hydrogens (tertiary/aromatic N) is 3. The minimum atomic E-state index is -1.18. The number of hydrogen-bond acceptors (Lipinski definition) is 6. The third-order valence-electron chi connectivity index (χ3n) is 6.04. The number of halogens is 1. The number of aliphatic carboxylic acids is 1. The Labute approximate surface area is 189 Å². The molecule has 2 aliphatic heterocycles. The highest BCUT2D eigenvalue weighted by atomic mass is 35.5. The Kier molecular flexibility index (Phi) is 6.14. The van der Waals surface area contributed by atoms with Crippen molar-refractivity contribution in [3.8, 4) is 0 Å². The van der Waals surface area contributed by atoms with Crippen LogP contribution in [0.1, 0.15) is 28.8 Å². The molecule has 1 N–H and O–H groups in total. The van der Waals surface area contributed by atoms with E-state index in [9.17, 15) is 24.8 Å². The summed E-state index contributed by atoms with van der Waals surface area (Å²) in [6.07, 6.45) is 0.871. The fourth-order valence-electron chi connectivity index (χ4n) is 4.38. The number of piperidine rings is 1. The number of carbonyl (C=O) groups excluding carboxylic acids is 1.